The lowest BCUT2D eigenvalue weighted by Crippen LogP contribution is -2.09. The lowest BCUT2D eigenvalue weighted by atomic mass is 10.0. The molecule has 0 fully saturated rings. The quantitative estimate of drug-likeness (QED) is 0.751. The molecule has 0 aliphatic heterocycles. The lowest BCUT2D eigenvalue weighted by molar-refractivity contribution is 0.264. The second-order valence-corrected chi connectivity index (χ2v) is 5.82. The van der Waals surface area contributed by atoms with Gasteiger partial charge in [0.2, 0.25) is 0 Å². The Morgan fingerprint density at radius 2 is 1.76 bits per heavy atom. The minimum absolute atomic E-state index is 0.0995. The molecule has 2 aromatic carbocycles. The molecule has 1 aliphatic rings. The molecule has 110 valence electrons. The molecule has 21 heavy (non-hydrogen) atoms. The highest BCUT2D eigenvalue weighted by Crippen LogP contribution is 2.42. The van der Waals surface area contributed by atoms with E-state index in [1.807, 2.05) is 24.3 Å². The fraction of sp³-hybridized carbons (Fsp3) is 0.333. The van der Waals surface area contributed by atoms with Gasteiger partial charge in [-0.3, -0.25) is 0 Å². The number of para-hydroxylation sites is 2. The van der Waals surface area contributed by atoms with Crippen molar-refractivity contribution in [2.45, 2.75) is 18.2 Å². The molecule has 0 N–H and O–H groups in total. The maximum absolute atomic E-state index is 6.57. The fourth-order valence-corrected chi connectivity index (χ4v) is 3.36. The molecular weight excluding hydrogens is 284 g/mol. The molecule has 2 unspecified atom stereocenters. The van der Waals surface area contributed by atoms with Gasteiger partial charge in [-0.1, -0.05) is 36.4 Å². The normalized spacial score (nSPS) is 20.1. The SMILES string of the molecule is COc1ccccc1OCCC1Cc2ccccc2C1Cl. The highest BCUT2D eigenvalue weighted by Gasteiger charge is 2.30. The Labute approximate surface area is 130 Å². The zero-order valence-corrected chi connectivity index (χ0v) is 12.8. The summed E-state index contributed by atoms with van der Waals surface area (Å²) in [5.74, 6) is 2.01. The van der Waals surface area contributed by atoms with E-state index in [2.05, 4.69) is 24.3 Å². The number of methoxy groups -OCH3 is 1. The molecule has 0 bridgehead atoms. The van der Waals surface area contributed by atoms with Crippen molar-refractivity contribution in [3.05, 3.63) is 59.7 Å². The summed E-state index contributed by atoms with van der Waals surface area (Å²) in [6.07, 6.45) is 1.99. The fourth-order valence-electron chi connectivity index (χ4n) is 2.94. The number of benzene rings is 2. The number of alkyl halides is 1. The molecule has 2 atom stereocenters. The molecule has 3 heteroatoms. The van der Waals surface area contributed by atoms with Gasteiger partial charge in [-0.05, 0) is 42.0 Å². The Bertz CT molecular complexity index is 612. The van der Waals surface area contributed by atoms with Crippen LogP contribution in [0.3, 0.4) is 0 Å². The first kappa shape index (κ1) is 14.3. The maximum atomic E-state index is 6.57. The molecule has 3 rings (SSSR count). The van der Waals surface area contributed by atoms with E-state index in [0.29, 0.717) is 12.5 Å². The van der Waals surface area contributed by atoms with Crippen LogP contribution in [0.1, 0.15) is 22.9 Å². The lowest BCUT2D eigenvalue weighted by Gasteiger charge is -2.15. The van der Waals surface area contributed by atoms with Crippen molar-refractivity contribution < 1.29 is 9.47 Å². The van der Waals surface area contributed by atoms with Crippen LogP contribution in [0.5, 0.6) is 11.5 Å². The zero-order valence-electron chi connectivity index (χ0n) is 12.1. The maximum Gasteiger partial charge on any atom is 0.161 e. The minimum atomic E-state index is 0.0995. The third-order valence-corrected chi connectivity index (χ3v) is 4.65. The standard InChI is InChI=1S/C18H19ClO2/c1-20-16-8-4-5-9-17(16)21-11-10-14-12-13-6-2-3-7-15(13)18(14)19/h2-9,14,18H,10-12H2,1H3. The molecule has 0 saturated carbocycles. The van der Waals surface area contributed by atoms with E-state index in [9.17, 15) is 0 Å². The summed E-state index contributed by atoms with van der Waals surface area (Å²) >= 11 is 6.57. The predicted octanol–water partition coefficient (Wildman–Crippen LogP) is 4.62. The van der Waals surface area contributed by atoms with E-state index in [1.54, 1.807) is 7.11 Å². The van der Waals surface area contributed by atoms with Gasteiger partial charge in [0.05, 0.1) is 19.1 Å². The van der Waals surface area contributed by atoms with Gasteiger partial charge in [-0.15, -0.1) is 11.6 Å². The number of halogens is 1. The van der Waals surface area contributed by atoms with E-state index in [1.165, 1.54) is 11.1 Å². The smallest absolute Gasteiger partial charge is 0.161 e. The number of hydrogen-bond acceptors (Lipinski definition) is 2. The number of ether oxygens (including phenoxy) is 2. The molecule has 2 nitrogen and oxygen atoms in total. The van der Waals surface area contributed by atoms with E-state index >= 15 is 0 Å². The molecule has 2 aromatic rings. The summed E-state index contributed by atoms with van der Waals surface area (Å²) in [7, 11) is 1.66. The van der Waals surface area contributed by atoms with E-state index in [-0.39, 0.29) is 5.38 Å². The van der Waals surface area contributed by atoms with Crippen LogP contribution in [-0.2, 0) is 6.42 Å². The highest BCUT2D eigenvalue weighted by atomic mass is 35.5. The van der Waals surface area contributed by atoms with Gasteiger partial charge in [0, 0.05) is 0 Å². The number of hydrogen-bond donors (Lipinski definition) is 0. The number of fused-ring (bicyclic) bond motifs is 1. The third-order valence-electron chi connectivity index (χ3n) is 4.06. The highest BCUT2D eigenvalue weighted by molar-refractivity contribution is 6.21. The second-order valence-electron chi connectivity index (χ2n) is 5.35. The third kappa shape index (κ3) is 3.01. The van der Waals surface area contributed by atoms with Gasteiger partial charge in [-0.2, -0.15) is 0 Å². The first-order chi connectivity index (χ1) is 10.3. The average Bonchev–Trinajstić information content (AvgIpc) is 2.85. The summed E-state index contributed by atoms with van der Waals surface area (Å²) in [5, 5.41) is 0.0995. The van der Waals surface area contributed by atoms with Gasteiger partial charge in [0.15, 0.2) is 11.5 Å². The monoisotopic (exact) mass is 302 g/mol. The Morgan fingerprint density at radius 3 is 2.52 bits per heavy atom. The number of rotatable bonds is 5. The van der Waals surface area contributed by atoms with Gasteiger partial charge < -0.3 is 9.47 Å². The average molecular weight is 303 g/mol. The molecule has 0 spiro atoms. The summed E-state index contributed by atoms with van der Waals surface area (Å²) < 4.78 is 11.1. The summed E-state index contributed by atoms with van der Waals surface area (Å²) in [6, 6.07) is 16.2. The Morgan fingerprint density at radius 1 is 1.05 bits per heavy atom. The molecule has 0 radical (unpaired) electrons. The summed E-state index contributed by atoms with van der Waals surface area (Å²) in [4.78, 5) is 0. The van der Waals surface area contributed by atoms with Crippen molar-refractivity contribution in [1.29, 1.82) is 0 Å². The van der Waals surface area contributed by atoms with Crippen LogP contribution in [0.25, 0.3) is 0 Å². The molecular formula is C18H19ClO2. The van der Waals surface area contributed by atoms with Crippen molar-refractivity contribution in [1.82, 2.24) is 0 Å². The predicted molar refractivity (Wildman–Crippen MR) is 85.3 cm³/mol. The van der Waals surface area contributed by atoms with E-state index in [0.717, 1.165) is 24.3 Å². The topological polar surface area (TPSA) is 18.5 Å². The molecule has 0 heterocycles. The van der Waals surface area contributed by atoms with Crippen LogP contribution in [0.15, 0.2) is 48.5 Å². The van der Waals surface area contributed by atoms with Crippen LogP contribution in [0.2, 0.25) is 0 Å². The second kappa shape index (κ2) is 6.40. The summed E-state index contributed by atoms with van der Waals surface area (Å²) in [5.41, 5.74) is 2.65. The van der Waals surface area contributed by atoms with Crippen LogP contribution >= 0.6 is 11.6 Å². The van der Waals surface area contributed by atoms with Crippen LogP contribution in [0, 0.1) is 5.92 Å². The Hall–Kier alpha value is -1.67. The Kier molecular flexibility index (Phi) is 4.35. The van der Waals surface area contributed by atoms with E-state index in [4.69, 9.17) is 21.1 Å². The molecule has 0 aromatic heterocycles. The zero-order chi connectivity index (χ0) is 14.7. The summed E-state index contributed by atoms with van der Waals surface area (Å²) in [6.45, 7) is 0.655. The van der Waals surface area contributed by atoms with Gasteiger partial charge in [0.25, 0.3) is 0 Å². The van der Waals surface area contributed by atoms with Crippen molar-refractivity contribution in [2.24, 2.45) is 5.92 Å². The van der Waals surface area contributed by atoms with Crippen molar-refractivity contribution in [2.75, 3.05) is 13.7 Å². The Balaban J connectivity index is 1.58. The molecule has 1 aliphatic carbocycles. The van der Waals surface area contributed by atoms with Gasteiger partial charge in [0.1, 0.15) is 0 Å². The van der Waals surface area contributed by atoms with Gasteiger partial charge in [-0.25, -0.2) is 0 Å². The largest absolute Gasteiger partial charge is 0.493 e. The first-order valence-electron chi connectivity index (χ1n) is 7.27. The van der Waals surface area contributed by atoms with Crippen molar-refractivity contribution >= 4 is 11.6 Å². The minimum Gasteiger partial charge on any atom is -0.493 e. The van der Waals surface area contributed by atoms with Gasteiger partial charge >= 0.3 is 0 Å². The van der Waals surface area contributed by atoms with Crippen LogP contribution in [0.4, 0.5) is 0 Å². The van der Waals surface area contributed by atoms with Crippen LogP contribution < -0.4 is 9.47 Å². The molecule has 0 amide bonds. The van der Waals surface area contributed by atoms with Crippen molar-refractivity contribution in [3.8, 4) is 11.5 Å². The van der Waals surface area contributed by atoms with E-state index < -0.39 is 0 Å². The first-order valence-corrected chi connectivity index (χ1v) is 7.71. The van der Waals surface area contributed by atoms with Crippen molar-refractivity contribution in [3.63, 3.8) is 0 Å². The van der Waals surface area contributed by atoms with Crippen LogP contribution in [-0.4, -0.2) is 13.7 Å². The molecule has 0 saturated heterocycles.